The second-order valence-electron chi connectivity index (χ2n) is 4.40. The Hall–Kier alpha value is -2.22. The molecule has 1 N–H and O–H groups in total. The minimum atomic E-state index is -0.524. The van der Waals surface area contributed by atoms with Gasteiger partial charge in [-0.05, 0) is 28.9 Å². The lowest BCUT2D eigenvalue weighted by Gasteiger charge is -2.06. The maximum atomic E-state index is 11.9. The summed E-state index contributed by atoms with van der Waals surface area (Å²) in [6.07, 6.45) is 1.97. The van der Waals surface area contributed by atoms with Crippen LogP contribution in [0, 0.1) is 17.0 Å². The van der Waals surface area contributed by atoms with E-state index in [1.807, 2.05) is 6.92 Å². The summed E-state index contributed by atoms with van der Waals surface area (Å²) >= 11 is 3.34. The Morgan fingerprint density at radius 1 is 1.48 bits per heavy atom. The maximum Gasteiger partial charge on any atom is 0.292 e. The van der Waals surface area contributed by atoms with E-state index in [2.05, 4.69) is 26.3 Å². The van der Waals surface area contributed by atoms with Crippen LogP contribution < -0.4 is 5.32 Å². The number of carbonyl (C=O) groups excluding carboxylic acids is 1. The van der Waals surface area contributed by atoms with Crippen molar-refractivity contribution >= 4 is 33.2 Å². The predicted molar refractivity (Wildman–Crippen MR) is 81.0 cm³/mol. The number of hydrogen-bond donors (Lipinski definition) is 1. The molecule has 0 saturated carbocycles. The van der Waals surface area contributed by atoms with E-state index in [9.17, 15) is 14.9 Å². The van der Waals surface area contributed by atoms with Crippen LogP contribution >= 0.6 is 15.9 Å². The lowest BCUT2D eigenvalue weighted by Crippen LogP contribution is -2.15. The average Bonchev–Trinajstić information content (AvgIpc) is 2.76. The molecule has 1 aromatic carbocycles. The van der Waals surface area contributed by atoms with Gasteiger partial charge in [-0.3, -0.25) is 19.6 Å². The summed E-state index contributed by atoms with van der Waals surface area (Å²) in [4.78, 5) is 22.2. The van der Waals surface area contributed by atoms with Crippen LogP contribution in [0.5, 0.6) is 0 Å². The fourth-order valence-electron chi connectivity index (χ4n) is 1.78. The largest absolute Gasteiger partial charge is 0.320 e. The van der Waals surface area contributed by atoms with Crippen molar-refractivity contribution < 1.29 is 9.72 Å². The summed E-state index contributed by atoms with van der Waals surface area (Å²) in [5.41, 5.74) is 0.919. The zero-order chi connectivity index (χ0) is 15.4. The molecule has 0 aliphatic rings. The van der Waals surface area contributed by atoms with Crippen molar-refractivity contribution in [3.63, 3.8) is 0 Å². The van der Waals surface area contributed by atoms with Crippen LogP contribution in [0.3, 0.4) is 0 Å². The highest BCUT2D eigenvalue weighted by molar-refractivity contribution is 9.10. The number of nitrogens with one attached hydrogen (secondary N) is 1. The van der Waals surface area contributed by atoms with Crippen LogP contribution in [0.15, 0.2) is 34.9 Å². The maximum absolute atomic E-state index is 11.9. The smallest absolute Gasteiger partial charge is 0.292 e. The molecule has 1 heterocycles. The van der Waals surface area contributed by atoms with Gasteiger partial charge in [-0.25, -0.2) is 0 Å². The van der Waals surface area contributed by atoms with Crippen molar-refractivity contribution in [3.8, 4) is 0 Å². The van der Waals surface area contributed by atoms with Crippen LogP contribution in [-0.2, 0) is 11.3 Å². The fourth-order valence-corrected chi connectivity index (χ4v) is 2.09. The Morgan fingerprint density at radius 2 is 2.19 bits per heavy atom. The first-order valence-corrected chi connectivity index (χ1v) is 6.99. The van der Waals surface area contributed by atoms with E-state index in [4.69, 9.17) is 0 Å². The number of carbonyl (C=O) groups is 1. The van der Waals surface area contributed by atoms with Gasteiger partial charge in [0, 0.05) is 25.2 Å². The molecule has 2 aromatic rings. The molecule has 1 amide bonds. The Morgan fingerprint density at radius 3 is 2.81 bits per heavy atom. The van der Waals surface area contributed by atoms with Crippen molar-refractivity contribution in [2.45, 2.75) is 19.9 Å². The summed E-state index contributed by atoms with van der Waals surface area (Å²) in [6.45, 7) is 2.26. The number of nitro groups is 1. The molecule has 8 heteroatoms. The van der Waals surface area contributed by atoms with E-state index in [-0.39, 0.29) is 23.7 Å². The van der Waals surface area contributed by atoms with Crippen molar-refractivity contribution in [3.05, 3.63) is 50.7 Å². The van der Waals surface area contributed by atoms with E-state index in [0.717, 1.165) is 10.2 Å². The SMILES string of the molecule is Cc1nn(CCC(=O)Nc2ccccc2[N+](=O)[O-])cc1Br. The number of anilines is 1. The summed E-state index contributed by atoms with van der Waals surface area (Å²) in [5, 5.41) is 17.6. The highest BCUT2D eigenvalue weighted by Crippen LogP contribution is 2.23. The number of amides is 1. The number of nitro benzene ring substituents is 1. The minimum Gasteiger partial charge on any atom is -0.320 e. The van der Waals surface area contributed by atoms with Crippen LogP contribution in [0.1, 0.15) is 12.1 Å². The molecule has 110 valence electrons. The molecule has 0 aliphatic heterocycles. The number of halogens is 1. The quantitative estimate of drug-likeness (QED) is 0.661. The molecule has 0 radical (unpaired) electrons. The standard InChI is InChI=1S/C13H13BrN4O3/c1-9-10(14)8-17(16-9)7-6-13(19)15-11-4-2-3-5-12(11)18(20)21/h2-5,8H,6-7H2,1H3,(H,15,19). The fraction of sp³-hybridized carbons (Fsp3) is 0.231. The van der Waals surface area contributed by atoms with E-state index in [0.29, 0.717) is 6.54 Å². The minimum absolute atomic E-state index is 0.122. The van der Waals surface area contributed by atoms with Gasteiger partial charge >= 0.3 is 0 Å². The van der Waals surface area contributed by atoms with E-state index >= 15 is 0 Å². The Kier molecular flexibility index (Phi) is 4.69. The molecule has 1 aromatic heterocycles. The van der Waals surface area contributed by atoms with Gasteiger partial charge in [0.1, 0.15) is 5.69 Å². The first-order valence-electron chi connectivity index (χ1n) is 6.20. The zero-order valence-electron chi connectivity index (χ0n) is 11.2. The molecule has 0 aliphatic carbocycles. The van der Waals surface area contributed by atoms with Gasteiger partial charge in [0.15, 0.2) is 0 Å². The number of nitrogens with zero attached hydrogens (tertiary/aromatic N) is 3. The van der Waals surface area contributed by atoms with E-state index in [1.54, 1.807) is 23.0 Å². The molecule has 0 unspecified atom stereocenters. The number of hydrogen-bond acceptors (Lipinski definition) is 4. The van der Waals surface area contributed by atoms with Crippen LogP contribution in [0.25, 0.3) is 0 Å². The van der Waals surface area contributed by atoms with Gasteiger partial charge in [0.25, 0.3) is 5.69 Å². The summed E-state index contributed by atoms with van der Waals surface area (Å²) in [7, 11) is 0. The van der Waals surface area contributed by atoms with Gasteiger partial charge < -0.3 is 5.32 Å². The van der Waals surface area contributed by atoms with E-state index in [1.165, 1.54) is 12.1 Å². The van der Waals surface area contributed by atoms with Crippen molar-refractivity contribution in [1.82, 2.24) is 9.78 Å². The number of aryl methyl sites for hydroxylation is 2. The van der Waals surface area contributed by atoms with Crippen molar-refractivity contribution in [2.24, 2.45) is 0 Å². The number of rotatable bonds is 5. The van der Waals surface area contributed by atoms with Crippen LogP contribution in [0.4, 0.5) is 11.4 Å². The topological polar surface area (TPSA) is 90.1 Å². The van der Waals surface area contributed by atoms with Crippen molar-refractivity contribution in [1.29, 1.82) is 0 Å². The van der Waals surface area contributed by atoms with Gasteiger partial charge in [-0.1, -0.05) is 12.1 Å². The predicted octanol–water partition coefficient (Wildman–Crippen LogP) is 2.89. The number of benzene rings is 1. The van der Waals surface area contributed by atoms with Crippen molar-refractivity contribution in [2.75, 3.05) is 5.32 Å². The Balaban J connectivity index is 1.97. The third kappa shape index (κ3) is 3.88. The zero-order valence-corrected chi connectivity index (χ0v) is 12.8. The third-order valence-electron chi connectivity index (χ3n) is 2.83. The molecule has 0 atom stereocenters. The third-order valence-corrected chi connectivity index (χ3v) is 3.61. The van der Waals surface area contributed by atoms with Gasteiger partial charge in [-0.2, -0.15) is 5.10 Å². The van der Waals surface area contributed by atoms with Gasteiger partial charge in [0.2, 0.25) is 5.91 Å². The highest BCUT2D eigenvalue weighted by Gasteiger charge is 2.14. The molecule has 0 spiro atoms. The lowest BCUT2D eigenvalue weighted by molar-refractivity contribution is -0.383. The second-order valence-corrected chi connectivity index (χ2v) is 5.25. The van der Waals surface area contributed by atoms with Crippen LogP contribution in [0.2, 0.25) is 0 Å². The monoisotopic (exact) mass is 352 g/mol. The molecular weight excluding hydrogens is 340 g/mol. The van der Waals surface area contributed by atoms with Crippen LogP contribution in [-0.4, -0.2) is 20.6 Å². The normalized spacial score (nSPS) is 10.4. The second kappa shape index (κ2) is 6.49. The highest BCUT2D eigenvalue weighted by atomic mass is 79.9. The molecule has 2 rings (SSSR count). The first kappa shape index (κ1) is 15.2. The Bertz CT molecular complexity index is 664. The summed E-state index contributed by atoms with van der Waals surface area (Å²) < 4.78 is 2.53. The summed E-state index contributed by atoms with van der Waals surface area (Å²) in [6, 6.07) is 6.04. The van der Waals surface area contributed by atoms with Gasteiger partial charge in [0.05, 0.1) is 15.1 Å². The first-order chi connectivity index (χ1) is 9.97. The molecule has 0 bridgehead atoms. The lowest BCUT2D eigenvalue weighted by atomic mass is 10.2. The molecular formula is C13H13BrN4O3. The molecule has 7 nitrogen and oxygen atoms in total. The van der Waals surface area contributed by atoms with Gasteiger partial charge in [-0.15, -0.1) is 0 Å². The summed E-state index contributed by atoms with van der Waals surface area (Å²) in [5.74, 6) is -0.298. The molecule has 21 heavy (non-hydrogen) atoms. The average molecular weight is 353 g/mol. The molecule has 0 saturated heterocycles. The van der Waals surface area contributed by atoms with E-state index < -0.39 is 4.92 Å². The molecule has 0 fully saturated rings. The number of para-hydroxylation sites is 2. The number of aromatic nitrogens is 2. The Labute approximate surface area is 129 Å².